The fraction of sp³-hybridized carbons (Fsp3) is 0.450. The first-order chi connectivity index (χ1) is 14.1. The first-order valence-electron chi connectivity index (χ1n) is 9.34. The molecule has 10 heteroatoms. The number of aliphatic hydroxyl groups is 1. The quantitative estimate of drug-likeness (QED) is 0.306. The molecule has 0 spiro atoms. The van der Waals surface area contributed by atoms with Crippen molar-refractivity contribution in [3.63, 3.8) is 0 Å². The minimum atomic E-state index is -4.51. The molecular weight excluding hydrogens is 404 g/mol. The van der Waals surface area contributed by atoms with E-state index in [1.165, 1.54) is 17.8 Å². The summed E-state index contributed by atoms with van der Waals surface area (Å²) in [6.45, 7) is 6.80. The van der Waals surface area contributed by atoms with Gasteiger partial charge in [0.15, 0.2) is 6.29 Å². The average Bonchev–Trinajstić information content (AvgIpc) is 3.06. The molecule has 0 aliphatic heterocycles. The Bertz CT molecular complexity index is 892. The Hall–Kier alpha value is -2.75. The molecule has 0 saturated heterocycles. The van der Waals surface area contributed by atoms with Gasteiger partial charge in [-0.1, -0.05) is 26.0 Å². The molecule has 30 heavy (non-hydrogen) atoms. The number of aliphatic hydroxyl groups excluding tert-OH is 1. The van der Waals surface area contributed by atoms with Crippen LogP contribution in [0.4, 0.5) is 23.4 Å². The first kappa shape index (κ1) is 25.3. The number of nitrogens with zero attached hydrogens (tertiary/aromatic N) is 3. The van der Waals surface area contributed by atoms with Gasteiger partial charge < -0.3 is 10.4 Å². The smallest absolute Gasteiger partial charge is 0.390 e. The van der Waals surface area contributed by atoms with Gasteiger partial charge in [0.05, 0.1) is 30.5 Å². The largest absolute Gasteiger partial charge is 0.393 e. The predicted octanol–water partition coefficient (Wildman–Crippen LogP) is 4.53. The van der Waals surface area contributed by atoms with Crippen LogP contribution in [0.1, 0.15) is 60.9 Å². The van der Waals surface area contributed by atoms with Crippen LogP contribution in [0.25, 0.3) is 0 Å². The van der Waals surface area contributed by atoms with E-state index >= 15 is 0 Å². The number of hydrogen-bond donors (Lipinski definition) is 2. The lowest BCUT2D eigenvalue weighted by Crippen LogP contribution is -2.17. The second kappa shape index (κ2) is 10.9. The lowest BCUT2D eigenvalue weighted by atomic mass is 10.0. The fourth-order valence-electron chi connectivity index (χ4n) is 2.69. The zero-order valence-corrected chi connectivity index (χ0v) is 17.5. The zero-order valence-electron chi connectivity index (χ0n) is 17.5. The number of hydrogen-bond acceptors (Lipinski definition) is 4. The highest BCUT2D eigenvalue weighted by molar-refractivity contribution is 5.97. The Balaban J connectivity index is 0.00000218. The number of alkyl halides is 3. The third-order valence-corrected chi connectivity index (χ3v) is 4.24. The Morgan fingerprint density at radius 3 is 2.47 bits per heavy atom. The van der Waals surface area contributed by atoms with Crippen LogP contribution in [0.3, 0.4) is 0 Å². The molecule has 0 aliphatic carbocycles. The van der Waals surface area contributed by atoms with Crippen molar-refractivity contribution in [2.24, 2.45) is 4.99 Å². The number of carbonyl (C=O) groups excluding carboxylic acids is 1. The SMILES string of the molecule is CC.CN=C(C)Nc1c(C=O)c(CO)nn1C(C)c1ccc(CC(F)(F)F)c(F)c1. The molecule has 166 valence electrons. The summed E-state index contributed by atoms with van der Waals surface area (Å²) in [6.07, 6.45) is -5.35. The molecule has 1 heterocycles. The van der Waals surface area contributed by atoms with Crippen molar-refractivity contribution >= 4 is 17.9 Å². The summed E-state index contributed by atoms with van der Waals surface area (Å²) in [6, 6.07) is 2.83. The third kappa shape index (κ3) is 6.12. The summed E-state index contributed by atoms with van der Waals surface area (Å²) in [5, 5.41) is 16.6. The predicted molar refractivity (Wildman–Crippen MR) is 108 cm³/mol. The Morgan fingerprint density at radius 1 is 1.37 bits per heavy atom. The van der Waals surface area contributed by atoms with E-state index < -0.39 is 36.6 Å². The zero-order chi connectivity index (χ0) is 23.1. The lowest BCUT2D eigenvalue weighted by Gasteiger charge is -2.18. The number of carbonyl (C=O) groups is 1. The number of aromatic nitrogens is 2. The maximum Gasteiger partial charge on any atom is 0.393 e. The molecule has 2 N–H and O–H groups in total. The number of rotatable bonds is 6. The molecule has 1 unspecified atom stereocenters. The van der Waals surface area contributed by atoms with E-state index in [0.717, 1.165) is 12.1 Å². The molecule has 0 saturated carbocycles. The van der Waals surface area contributed by atoms with Crippen LogP contribution in [0.15, 0.2) is 23.2 Å². The topological polar surface area (TPSA) is 79.5 Å². The van der Waals surface area contributed by atoms with Crippen molar-refractivity contribution in [3.05, 3.63) is 46.4 Å². The number of nitrogens with one attached hydrogen (secondary N) is 1. The van der Waals surface area contributed by atoms with Crippen molar-refractivity contribution in [3.8, 4) is 0 Å². The van der Waals surface area contributed by atoms with E-state index in [9.17, 15) is 27.5 Å². The second-order valence-corrected chi connectivity index (χ2v) is 6.18. The van der Waals surface area contributed by atoms with E-state index in [0.29, 0.717) is 17.7 Å². The minimum Gasteiger partial charge on any atom is -0.390 e. The van der Waals surface area contributed by atoms with Gasteiger partial charge in [-0.2, -0.15) is 18.3 Å². The Kier molecular flexibility index (Phi) is 9.16. The maximum atomic E-state index is 14.2. The Labute approximate surface area is 172 Å². The maximum absolute atomic E-state index is 14.2. The van der Waals surface area contributed by atoms with Crippen molar-refractivity contribution in [1.82, 2.24) is 9.78 Å². The van der Waals surface area contributed by atoms with Gasteiger partial charge in [0.25, 0.3) is 0 Å². The van der Waals surface area contributed by atoms with Crippen LogP contribution in [0.5, 0.6) is 0 Å². The normalized spacial score (nSPS) is 12.8. The van der Waals surface area contributed by atoms with Gasteiger partial charge >= 0.3 is 6.18 Å². The van der Waals surface area contributed by atoms with Crippen molar-refractivity contribution in [2.75, 3.05) is 12.4 Å². The van der Waals surface area contributed by atoms with Gasteiger partial charge in [-0.15, -0.1) is 0 Å². The highest BCUT2D eigenvalue weighted by Crippen LogP contribution is 2.29. The number of amidine groups is 1. The van der Waals surface area contributed by atoms with Crippen LogP contribution in [0, 0.1) is 5.82 Å². The number of aliphatic imine (C=N–C) groups is 1. The minimum absolute atomic E-state index is 0.113. The molecule has 1 aromatic carbocycles. The Morgan fingerprint density at radius 2 is 2.00 bits per heavy atom. The molecule has 1 aromatic heterocycles. The fourth-order valence-corrected chi connectivity index (χ4v) is 2.69. The van der Waals surface area contributed by atoms with Crippen LogP contribution in [0.2, 0.25) is 0 Å². The molecule has 6 nitrogen and oxygen atoms in total. The van der Waals surface area contributed by atoms with Gasteiger partial charge in [0.1, 0.15) is 17.3 Å². The molecule has 1 atom stereocenters. The van der Waals surface area contributed by atoms with E-state index in [1.54, 1.807) is 13.8 Å². The number of benzene rings is 1. The van der Waals surface area contributed by atoms with Gasteiger partial charge in [0.2, 0.25) is 0 Å². The summed E-state index contributed by atoms with van der Waals surface area (Å²) >= 11 is 0. The highest BCUT2D eigenvalue weighted by Gasteiger charge is 2.29. The van der Waals surface area contributed by atoms with Crippen LogP contribution < -0.4 is 5.32 Å². The van der Waals surface area contributed by atoms with Crippen LogP contribution in [-0.4, -0.2) is 40.2 Å². The summed E-state index contributed by atoms with van der Waals surface area (Å²) in [5.41, 5.74) is 0.122. The molecule has 2 rings (SSSR count). The molecule has 0 aliphatic rings. The summed E-state index contributed by atoms with van der Waals surface area (Å²) in [5.74, 6) is -0.269. The second-order valence-electron chi connectivity index (χ2n) is 6.18. The van der Waals surface area contributed by atoms with E-state index in [1.807, 2.05) is 13.8 Å². The van der Waals surface area contributed by atoms with Crippen molar-refractivity contribution in [2.45, 2.75) is 52.9 Å². The van der Waals surface area contributed by atoms with Crippen LogP contribution >= 0.6 is 0 Å². The monoisotopic (exact) mass is 430 g/mol. The van der Waals surface area contributed by atoms with Gasteiger partial charge in [-0.05, 0) is 31.0 Å². The summed E-state index contributed by atoms with van der Waals surface area (Å²) in [7, 11) is 1.54. The lowest BCUT2D eigenvalue weighted by molar-refractivity contribution is -0.127. The van der Waals surface area contributed by atoms with E-state index in [-0.39, 0.29) is 17.1 Å². The van der Waals surface area contributed by atoms with E-state index in [4.69, 9.17) is 0 Å². The number of anilines is 1. The molecule has 0 fully saturated rings. The summed E-state index contributed by atoms with van der Waals surface area (Å²) in [4.78, 5) is 15.4. The molecule has 0 bridgehead atoms. The number of halogens is 4. The third-order valence-electron chi connectivity index (χ3n) is 4.24. The van der Waals surface area contributed by atoms with Gasteiger partial charge in [0, 0.05) is 7.05 Å². The molecular formula is C20H26F4N4O2. The number of aldehydes is 1. The van der Waals surface area contributed by atoms with Crippen molar-refractivity contribution in [1.29, 1.82) is 0 Å². The van der Waals surface area contributed by atoms with Gasteiger partial charge in [-0.3, -0.25) is 9.79 Å². The highest BCUT2D eigenvalue weighted by atomic mass is 19.4. The van der Waals surface area contributed by atoms with Gasteiger partial charge in [-0.25, -0.2) is 9.07 Å². The average molecular weight is 430 g/mol. The van der Waals surface area contributed by atoms with Crippen LogP contribution in [-0.2, 0) is 13.0 Å². The van der Waals surface area contributed by atoms with E-state index in [2.05, 4.69) is 15.4 Å². The summed E-state index contributed by atoms with van der Waals surface area (Å²) < 4.78 is 53.1. The van der Waals surface area contributed by atoms with Crippen molar-refractivity contribution < 1.29 is 27.5 Å². The molecule has 2 aromatic rings. The molecule has 0 radical (unpaired) electrons. The standard InChI is InChI=1S/C18H20F4N4O2.C2H6/c1-10(12-4-5-13(15(19)6-12)7-18(20,21)22)26-17(24-11(2)23-3)14(8-27)16(9-28)25-26;1-2/h4-6,8,10,28H,7,9H2,1-3H3,(H,23,24);1-2H3. The first-order valence-corrected chi connectivity index (χ1v) is 9.34. The molecule has 0 amide bonds.